The Bertz CT molecular complexity index is 704. The molecule has 2 heterocycles. The number of fused-ring (bicyclic) bond motifs is 1. The van der Waals surface area contributed by atoms with Crippen LogP contribution in [0.5, 0.6) is 0 Å². The summed E-state index contributed by atoms with van der Waals surface area (Å²) in [6, 6.07) is 9.13. The topological polar surface area (TPSA) is 70.7 Å². The van der Waals surface area contributed by atoms with E-state index < -0.39 is 5.97 Å². The zero-order valence-electron chi connectivity index (χ0n) is 12.1. The Kier molecular flexibility index (Phi) is 3.96. The molecule has 5 heteroatoms. The normalized spacial score (nSPS) is 14.8. The summed E-state index contributed by atoms with van der Waals surface area (Å²) in [4.78, 5) is 25.3. The SMILES string of the molecule is O=C(O)c1coc(C(=O)N2CCCCCc3ccccc32)c1. The first-order valence-corrected chi connectivity index (χ1v) is 7.38. The lowest BCUT2D eigenvalue weighted by Crippen LogP contribution is -2.33. The summed E-state index contributed by atoms with van der Waals surface area (Å²) in [5, 5.41) is 8.95. The summed E-state index contributed by atoms with van der Waals surface area (Å²) in [6.45, 7) is 0.610. The van der Waals surface area contributed by atoms with Crippen LogP contribution in [0.3, 0.4) is 0 Å². The fourth-order valence-corrected chi connectivity index (χ4v) is 2.77. The molecule has 1 aromatic heterocycles. The van der Waals surface area contributed by atoms with E-state index in [0.717, 1.165) is 43.2 Å². The number of carboxylic acid groups (broad SMARTS) is 1. The Balaban J connectivity index is 1.95. The number of carboxylic acids is 1. The van der Waals surface area contributed by atoms with E-state index >= 15 is 0 Å². The molecule has 5 nitrogen and oxygen atoms in total. The first-order valence-electron chi connectivity index (χ1n) is 7.38. The monoisotopic (exact) mass is 299 g/mol. The first-order chi connectivity index (χ1) is 10.7. The third-order valence-electron chi connectivity index (χ3n) is 3.91. The van der Waals surface area contributed by atoms with Crippen LogP contribution >= 0.6 is 0 Å². The van der Waals surface area contributed by atoms with Gasteiger partial charge in [-0.1, -0.05) is 24.6 Å². The Morgan fingerprint density at radius 1 is 1.14 bits per heavy atom. The van der Waals surface area contributed by atoms with Gasteiger partial charge in [-0.2, -0.15) is 0 Å². The molecule has 0 saturated heterocycles. The fraction of sp³-hybridized carbons (Fsp3) is 0.294. The molecular formula is C17H17NO4. The van der Waals surface area contributed by atoms with Gasteiger partial charge in [0.15, 0.2) is 5.76 Å². The molecule has 0 spiro atoms. The minimum atomic E-state index is -1.10. The summed E-state index contributed by atoms with van der Waals surface area (Å²) in [6.07, 6.45) is 5.15. The number of anilines is 1. The van der Waals surface area contributed by atoms with Crippen LogP contribution in [0.15, 0.2) is 41.0 Å². The van der Waals surface area contributed by atoms with Crippen molar-refractivity contribution in [1.82, 2.24) is 0 Å². The number of aromatic carboxylic acids is 1. The summed E-state index contributed by atoms with van der Waals surface area (Å²) < 4.78 is 5.16. The number of carbonyl (C=O) groups excluding carboxylic acids is 1. The number of furan rings is 1. The van der Waals surface area contributed by atoms with E-state index in [-0.39, 0.29) is 17.2 Å². The summed E-state index contributed by atoms with van der Waals surface area (Å²) >= 11 is 0. The fourth-order valence-electron chi connectivity index (χ4n) is 2.77. The molecule has 22 heavy (non-hydrogen) atoms. The van der Waals surface area contributed by atoms with Gasteiger partial charge in [0.1, 0.15) is 6.26 Å². The molecular weight excluding hydrogens is 282 g/mol. The zero-order chi connectivity index (χ0) is 15.5. The van der Waals surface area contributed by atoms with E-state index in [1.165, 1.54) is 6.07 Å². The van der Waals surface area contributed by atoms with Crippen LogP contribution in [0.2, 0.25) is 0 Å². The summed E-state index contributed by atoms with van der Waals surface area (Å²) in [5.74, 6) is -1.33. The Labute approximate surface area is 128 Å². The maximum Gasteiger partial charge on any atom is 0.338 e. The predicted octanol–water partition coefficient (Wildman–Crippen LogP) is 3.35. The predicted molar refractivity (Wildman–Crippen MR) is 81.3 cm³/mol. The number of hydrogen-bond acceptors (Lipinski definition) is 3. The molecule has 1 N–H and O–H groups in total. The highest BCUT2D eigenvalue weighted by Crippen LogP contribution is 2.27. The van der Waals surface area contributed by atoms with Crippen LogP contribution in [0.1, 0.15) is 45.7 Å². The lowest BCUT2D eigenvalue weighted by Gasteiger charge is -2.26. The average Bonchev–Trinajstić information content (AvgIpc) is 2.98. The van der Waals surface area contributed by atoms with E-state index in [0.29, 0.717) is 6.54 Å². The van der Waals surface area contributed by atoms with Crippen molar-refractivity contribution in [2.75, 3.05) is 11.4 Å². The zero-order valence-corrected chi connectivity index (χ0v) is 12.1. The van der Waals surface area contributed by atoms with E-state index in [2.05, 4.69) is 0 Å². The standard InChI is InChI=1S/C17H17NO4/c19-16(15-10-13(11-22-15)17(20)21)18-9-5-1-2-6-12-7-3-4-8-14(12)18/h3-4,7-8,10-11H,1-2,5-6,9H2,(H,20,21). The largest absolute Gasteiger partial charge is 0.478 e. The second-order valence-electron chi connectivity index (χ2n) is 5.40. The molecule has 0 fully saturated rings. The maximum atomic E-state index is 12.7. The number of benzene rings is 1. The van der Waals surface area contributed by atoms with Gasteiger partial charge in [0.05, 0.1) is 5.56 Å². The van der Waals surface area contributed by atoms with Crippen molar-refractivity contribution >= 4 is 17.6 Å². The van der Waals surface area contributed by atoms with Crippen molar-refractivity contribution in [3.05, 3.63) is 53.5 Å². The second kappa shape index (κ2) is 6.05. The van der Waals surface area contributed by atoms with Gasteiger partial charge < -0.3 is 14.4 Å². The van der Waals surface area contributed by atoms with Crippen LogP contribution in [0.4, 0.5) is 5.69 Å². The number of amides is 1. The lowest BCUT2D eigenvalue weighted by molar-refractivity contribution is 0.0696. The molecule has 0 aliphatic carbocycles. The molecule has 0 radical (unpaired) electrons. The number of rotatable bonds is 2. The molecule has 0 bridgehead atoms. The van der Waals surface area contributed by atoms with Gasteiger partial charge in [0.2, 0.25) is 0 Å². The minimum Gasteiger partial charge on any atom is -0.478 e. The van der Waals surface area contributed by atoms with Crippen molar-refractivity contribution in [3.8, 4) is 0 Å². The molecule has 0 atom stereocenters. The molecule has 1 amide bonds. The van der Waals surface area contributed by atoms with Gasteiger partial charge in [-0.05, 0) is 30.9 Å². The third kappa shape index (κ3) is 2.74. The minimum absolute atomic E-state index is 0.0105. The Morgan fingerprint density at radius 3 is 2.73 bits per heavy atom. The number of nitrogens with zero attached hydrogens (tertiary/aromatic N) is 1. The lowest BCUT2D eigenvalue weighted by atomic mass is 10.0. The number of aryl methyl sites for hydroxylation is 1. The Morgan fingerprint density at radius 2 is 1.95 bits per heavy atom. The van der Waals surface area contributed by atoms with Crippen molar-refractivity contribution < 1.29 is 19.1 Å². The Hall–Kier alpha value is -2.56. The molecule has 1 aliphatic rings. The van der Waals surface area contributed by atoms with Crippen LogP contribution in [0.25, 0.3) is 0 Å². The van der Waals surface area contributed by atoms with Gasteiger partial charge in [-0.15, -0.1) is 0 Å². The second-order valence-corrected chi connectivity index (χ2v) is 5.40. The highest BCUT2D eigenvalue weighted by atomic mass is 16.4. The third-order valence-corrected chi connectivity index (χ3v) is 3.91. The number of hydrogen-bond donors (Lipinski definition) is 1. The van der Waals surface area contributed by atoms with Crippen molar-refractivity contribution in [1.29, 1.82) is 0 Å². The van der Waals surface area contributed by atoms with E-state index in [9.17, 15) is 9.59 Å². The smallest absolute Gasteiger partial charge is 0.338 e. The molecule has 1 aromatic carbocycles. The quantitative estimate of drug-likeness (QED) is 0.923. The van der Waals surface area contributed by atoms with E-state index in [1.54, 1.807) is 4.90 Å². The van der Waals surface area contributed by atoms with Crippen molar-refractivity contribution in [2.24, 2.45) is 0 Å². The molecule has 114 valence electrons. The highest BCUT2D eigenvalue weighted by Gasteiger charge is 2.24. The van der Waals surface area contributed by atoms with Gasteiger partial charge in [0, 0.05) is 18.3 Å². The maximum absolute atomic E-state index is 12.7. The molecule has 3 rings (SSSR count). The summed E-state index contributed by atoms with van der Waals surface area (Å²) in [7, 11) is 0. The average molecular weight is 299 g/mol. The number of para-hydroxylation sites is 1. The molecule has 2 aromatic rings. The van der Waals surface area contributed by atoms with E-state index in [1.807, 2.05) is 24.3 Å². The van der Waals surface area contributed by atoms with Crippen LogP contribution in [-0.2, 0) is 6.42 Å². The van der Waals surface area contributed by atoms with Crippen molar-refractivity contribution in [3.63, 3.8) is 0 Å². The first kappa shape index (κ1) is 14.4. The van der Waals surface area contributed by atoms with Gasteiger partial charge in [0.25, 0.3) is 5.91 Å². The molecule has 1 aliphatic heterocycles. The number of carbonyl (C=O) groups is 2. The highest BCUT2D eigenvalue weighted by molar-refractivity contribution is 6.05. The van der Waals surface area contributed by atoms with E-state index in [4.69, 9.17) is 9.52 Å². The van der Waals surface area contributed by atoms with Gasteiger partial charge in [-0.25, -0.2) is 4.79 Å². The van der Waals surface area contributed by atoms with Gasteiger partial charge >= 0.3 is 5.97 Å². The van der Waals surface area contributed by atoms with Crippen LogP contribution in [0, 0.1) is 0 Å². The van der Waals surface area contributed by atoms with Crippen LogP contribution < -0.4 is 4.90 Å². The molecule has 0 saturated carbocycles. The van der Waals surface area contributed by atoms with Gasteiger partial charge in [-0.3, -0.25) is 4.79 Å². The molecule has 0 unspecified atom stereocenters. The summed E-state index contributed by atoms with van der Waals surface area (Å²) in [5.41, 5.74) is 2.02. The van der Waals surface area contributed by atoms with Crippen molar-refractivity contribution in [2.45, 2.75) is 25.7 Å². The van der Waals surface area contributed by atoms with Crippen LogP contribution in [-0.4, -0.2) is 23.5 Å².